The smallest absolute Gasteiger partial charge is 0.370 e. The van der Waals surface area contributed by atoms with Crippen molar-refractivity contribution in [1.82, 2.24) is 0 Å². The maximum Gasteiger partial charge on any atom is 0.529 e. The van der Waals surface area contributed by atoms with Crippen LogP contribution in [-0.2, 0) is 13.3 Å². The summed E-state index contributed by atoms with van der Waals surface area (Å²) in [5.74, 6) is 0. The van der Waals surface area contributed by atoms with Gasteiger partial charge in [-0.25, -0.2) is 0 Å². The third-order valence-corrected chi connectivity index (χ3v) is 4.73. The summed E-state index contributed by atoms with van der Waals surface area (Å²) in [5, 5.41) is 0. The molecule has 112 valence electrons. The lowest BCUT2D eigenvalue weighted by atomic mass is 10.4. The Balaban J connectivity index is 4.75. The number of hydrogen-bond acceptors (Lipinski definition) is 3. The third kappa shape index (κ3) is 9.16. The van der Waals surface area contributed by atoms with Gasteiger partial charge in [-0.1, -0.05) is 45.9 Å². The van der Waals surface area contributed by atoms with Crippen LogP contribution in [0.5, 0.6) is 0 Å². The Labute approximate surface area is 120 Å². The van der Waals surface area contributed by atoms with E-state index in [-0.39, 0.29) is 0 Å². The highest BCUT2D eigenvalue weighted by molar-refractivity contribution is 6.66. The van der Waals surface area contributed by atoms with Crippen molar-refractivity contribution >= 4 is 8.80 Å². The largest absolute Gasteiger partial charge is 0.529 e. The molecular formula is C15H30O3Si. The molecule has 0 rings (SSSR count). The van der Waals surface area contributed by atoms with Gasteiger partial charge in [0.05, 0.1) is 0 Å². The quantitative estimate of drug-likeness (QED) is 0.396. The first-order valence-corrected chi connectivity index (χ1v) is 9.31. The first-order chi connectivity index (χ1) is 9.24. The van der Waals surface area contributed by atoms with Crippen LogP contribution < -0.4 is 0 Å². The zero-order valence-corrected chi connectivity index (χ0v) is 14.0. The van der Waals surface area contributed by atoms with Crippen molar-refractivity contribution in [2.75, 3.05) is 19.8 Å². The second kappa shape index (κ2) is 12.6. The van der Waals surface area contributed by atoms with Gasteiger partial charge in [-0.15, -0.1) is 0 Å². The van der Waals surface area contributed by atoms with Gasteiger partial charge in [0.2, 0.25) is 0 Å². The monoisotopic (exact) mass is 286 g/mol. The number of rotatable bonds is 12. The summed E-state index contributed by atoms with van der Waals surface area (Å²) in [6, 6.07) is 0. The van der Waals surface area contributed by atoms with Crippen molar-refractivity contribution in [1.29, 1.82) is 0 Å². The molecule has 0 aromatic carbocycles. The van der Waals surface area contributed by atoms with E-state index in [4.69, 9.17) is 13.3 Å². The van der Waals surface area contributed by atoms with Gasteiger partial charge < -0.3 is 13.3 Å². The molecule has 0 aliphatic heterocycles. The summed E-state index contributed by atoms with van der Waals surface area (Å²) in [6.45, 7) is 10.5. The van der Waals surface area contributed by atoms with Gasteiger partial charge in [0.25, 0.3) is 0 Å². The first-order valence-electron chi connectivity index (χ1n) is 7.50. The summed E-state index contributed by atoms with van der Waals surface area (Å²) in [6.07, 6.45) is 10.1. The standard InChI is InChI=1S/C15H30O3Si/c1-5-9-10-11-15-19(16-12-6-2,17-13-7-3)18-14-8-4/h9-11,15H,5-8,12-14H2,1-4H3/b10-9+,15-11+. The van der Waals surface area contributed by atoms with E-state index < -0.39 is 8.80 Å². The lowest BCUT2D eigenvalue weighted by Gasteiger charge is -2.26. The second-order valence-electron chi connectivity index (χ2n) is 4.34. The summed E-state index contributed by atoms with van der Waals surface area (Å²) < 4.78 is 17.8. The summed E-state index contributed by atoms with van der Waals surface area (Å²) in [4.78, 5) is 0. The third-order valence-electron chi connectivity index (χ3n) is 2.31. The Morgan fingerprint density at radius 3 is 1.58 bits per heavy atom. The van der Waals surface area contributed by atoms with Gasteiger partial charge in [0, 0.05) is 19.8 Å². The summed E-state index contributed by atoms with van der Waals surface area (Å²) in [7, 11) is -2.64. The van der Waals surface area contributed by atoms with Gasteiger partial charge in [-0.2, -0.15) is 0 Å². The van der Waals surface area contributed by atoms with E-state index in [1.165, 1.54) is 0 Å². The molecule has 0 aliphatic carbocycles. The Hall–Kier alpha value is -0.423. The average Bonchev–Trinajstić information content (AvgIpc) is 2.44. The van der Waals surface area contributed by atoms with E-state index in [1.54, 1.807) is 0 Å². The van der Waals surface area contributed by atoms with Gasteiger partial charge in [-0.3, -0.25) is 0 Å². The normalized spacial score (nSPS) is 12.8. The van der Waals surface area contributed by atoms with E-state index in [1.807, 2.05) is 17.9 Å². The van der Waals surface area contributed by atoms with Crippen molar-refractivity contribution in [3.05, 3.63) is 23.9 Å². The Morgan fingerprint density at radius 1 is 0.737 bits per heavy atom. The lowest BCUT2D eigenvalue weighted by molar-refractivity contribution is 0.0716. The molecule has 0 saturated carbocycles. The highest BCUT2D eigenvalue weighted by atomic mass is 28.4. The SMILES string of the molecule is CC/C=C/C=C/[Si](OCCC)(OCCC)OCCC. The lowest BCUT2D eigenvalue weighted by Crippen LogP contribution is -2.45. The molecular weight excluding hydrogens is 256 g/mol. The van der Waals surface area contributed by atoms with Crippen molar-refractivity contribution in [2.24, 2.45) is 0 Å². The van der Waals surface area contributed by atoms with Gasteiger partial charge >= 0.3 is 8.80 Å². The highest BCUT2D eigenvalue weighted by Gasteiger charge is 2.37. The van der Waals surface area contributed by atoms with E-state index >= 15 is 0 Å². The maximum absolute atomic E-state index is 5.94. The molecule has 0 N–H and O–H groups in total. The molecule has 3 nitrogen and oxygen atoms in total. The van der Waals surface area contributed by atoms with E-state index in [9.17, 15) is 0 Å². The molecule has 0 aromatic heterocycles. The topological polar surface area (TPSA) is 27.7 Å². The molecule has 0 spiro atoms. The predicted octanol–water partition coefficient (Wildman–Crippen LogP) is 4.27. The molecule has 0 aliphatic rings. The highest BCUT2D eigenvalue weighted by Crippen LogP contribution is 2.14. The fraction of sp³-hybridized carbons (Fsp3) is 0.733. The van der Waals surface area contributed by atoms with E-state index in [0.717, 1.165) is 25.7 Å². The number of hydrogen-bond donors (Lipinski definition) is 0. The fourth-order valence-corrected chi connectivity index (χ4v) is 3.74. The van der Waals surface area contributed by atoms with Crippen LogP contribution in [0.4, 0.5) is 0 Å². The average molecular weight is 286 g/mol. The van der Waals surface area contributed by atoms with Crippen LogP contribution in [0.3, 0.4) is 0 Å². The predicted molar refractivity (Wildman–Crippen MR) is 83.1 cm³/mol. The van der Waals surface area contributed by atoms with Crippen LogP contribution in [0.15, 0.2) is 23.9 Å². The van der Waals surface area contributed by atoms with Crippen LogP contribution in [0.1, 0.15) is 53.4 Å². The minimum atomic E-state index is -2.64. The molecule has 0 fully saturated rings. The van der Waals surface area contributed by atoms with E-state index in [0.29, 0.717) is 19.8 Å². The minimum absolute atomic E-state index is 0.682. The Bertz CT molecular complexity index is 230. The number of allylic oxidation sites excluding steroid dienone is 3. The van der Waals surface area contributed by atoms with Gasteiger partial charge in [-0.05, 0) is 31.4 Å². The zero-order chi connectivity index (χ0) is 14.4. The van der Waals surface area contributed by atoms with Gasteiger partial charge in [0.1, 0.15) is 0 Å². The molecule has 0 radical (unpaired) electrons. The molecule has 0 bridgehead atoms. The van der Waals surface area contributed by atoms with Gasteiger partial charge in [0.15, 0.2) is 0 Å². The molecule has 0 saturated heterocycles. The van der Waals surface area contributed by atoms with Crippen molar-refractivity contribution in [3.8, 4) is 0 Å². The zero-order valence-electron chi connectivity index (χ0n) is 13.0. The molecule has 19 heavy (non-hydrogen) atoms. The first kappa shape index (κ1) is 18.6. The molecule has 0 atom stereocenters. The van der Waals surface area contributed by atoms with Crippen LogP contribution in [0.2, 0.25) is 0 Å². The molecule has 4 heteroatoms. The van der Waals surface area contributed by atoms with Crippen LogP contribution in [-0.4, -0.2) is 28.6 Å². The summed E-state index contributed by atoms with van der Waals surface area (Å²) >= 11 is 0. The molecule has 0 unspecified atom stereocenters. The fourth-order valence-electron chi connectivity index (χ4n) is 1.39. The molecule has 0 heterocycles. The van der Waals surface area contributed by atoms with Crippen LogP contribution >= 0.6 is 0 Å². The van der Waals surface area contributed by atoms with E-state index in [2.05, 4.69) is 33.8 Å². The van der Waals surface area contributed by atoms with Crippen molar-refractivity contribution < 1.29 is 13.3 Å². The second-order valence-corrected chi connectivity index (χ2v) is 6.75. The molecule has 0 amide bonds. The maximum atomic E-state index is 5.94. The van der Waals surface area contributed by atoms with Crippen molar-refractivity contribution in [3.63, 3.8) is 0 Å². The van der Waals surface area contributed by atoms with Crippen LogP contribution in [0, 0.1) is 0 Å². The minimum Gasteiger partial charge on any atom is -0.370 e. The van der Waals surface area contributed by atoms with Crippen molar-refractivity contribution in [2.45, 2.75) is 53.4 Å². The Morgan fingerprint density at radius 2 is 1.21 bits per heavy atom. The summed E-state index contributed by atoms with van der Waals surface area (Å²) in [5.41, 5.74) is 2.00. The molecule has 0 aromatic rings. The Kier molecular flexibility index (Phi) is 12.3. The van der Waals surface area contributed by atoms with Crippen LogP contribution in [0.25, 0.3) is 0 Å².